The second-order valence-corrected chi connectivity index (χ2v) is 1.94. The van der Waals surface area contributed by atoms with Gasteiger partial charge in [-0.3, -0.25) is 9.59 Å². The number of hydrogen-bond acceptors (Lipinski definition) is 4. The molecule has 0 aliphatic carbocycles. The second kappa shape index (κ2) is 5.85. The quantitative estimate of drug-likeness (QED) is 0.444. The first-order valence-corrected chi connectivity index (χ1v) is 3.43. The van der Waals surface area contributed by atoms with E-state index in [1.54, 1.807) is 6.92 Å². The lowest BCUT2D eigenvalue weighted by molar-refractivity contribution is -0.159. The van der Waals surface area contributed by atoms with Gasteiger partial charge in [0.1, 0.15) is 0 Å². The Morgan fingerprint density at radius 3 is 2.36 bits per heavy atom. The maximum atomic E-state index is 10.6. The van der Waals surface area contributed by atoms with Crippen LogP contribution < -0.4 is 0 Å². The number of carbonyl (C=O) groups is 2. The molecule has 0 N–H and O–H groups in total. The predicted octanol–water partition coefficient (Wildman–Crippen LogP) is 0.503. The van der Waals surface area contributed by atoms with Gasteiger partial charge in [0, 0.05) is 13.5 Å². The van der Waals surface area contributed by atoms with Crippen molar-refractivity contribution in [3.63, 3.8) is 0 Å². The Balaban J connectivity index is 3.44. The van der Waals surface area contributed by atoms with Crippen LogP contribution >= 0.6 is 0 Å². The second-order valence-electron chi connectivity index (χ2n) is 1.94. The Bertz CT molecular complexity index is 141. The highest BCUT2D eigenvalue weighted by molar-refractivity contribution is 5.85. The van der Waals surface area contributed by atoms with Gasteiger partial charge in [0.15, 0.2) is 0 Å². The van der Waals surface area contributed by atoms with Gasteiger partial charge in [-0.1, -0.05) is 6.92 Å². The highest BCUT2D eigenvalue weighted by Crippen LogP contribution is 1.90. The highest BCUT2D eigenvalue weighted by Gasteiger charge is 2.06. The Morgan fingerprint density at radius 1 is 1.27 bits per heavy atom. The number of carbonyl (C=O) groups excluding carboxylic acids is 2. The lowest BCUT2D eigenvalue weighted by Crippen LogP contribution is -2.12. The van der Waals surface area contributed by atoms with Crippen molar-refractivity contribution in [2.45, 2.75) is 19.8 Å². The van der Waals surface area contributed by atoms with E-state index in [1.807, 2.05) is 0 Å². The lowest BCUT2D eigenvalue weighted by Gasteiger charge is -1.99. The third-order valence-electron chi connectivity index (χ3n) is 1.03. The van der Waals surface area contributed by atoms with Gasteiger partial charge in [-0.05, 0) is 0 Å². The van der Waals surface area contributed by atoms with Gasteiger partial charge in [0.2, 0.25) is 0 Å². The molecule has 0 aromatic heterocycles. The van der Waals surface area contributed by atoms with Gasteiger partial charge in [0.05, 0.1) is 13.0 Å². The van der Waals surface area contributed by atoms with Crippen molar-refractivity contribution in [3.8, 4) is 0 Å². The van der Waals surface area contributed by atoms with E-state index in [0.717, 1.165) is 0 Å². The van der Waals surface area contributed by atoms with Crippen LogP contribution in [0.2, 0.25) is 0 Å². The van der Waals surface area contributed by atoms with Crippen LogP contribution in [0, 0.1) is 0 Å². The number of methoxy groups -OCH3 is 1. The van der Waals surface area contributed by atoms with Crippen LogP contribution in [0.5, 0.6) is 0 Å². The summed E-state index contributed by atoms with van der Waals surface area (Å²) < 4.78 is 8.96. The number of hydrogen-bond donors (Lipinski definition) is 0. The normalized spacial score (nSPS) is 9.27. The fraction of sp³-hybridized carbons (Fsp3) is 0.714. The molecule has 64 valence electrons. The lowest BCUT2D eigenvalue weighted by atomic mass is 10.4. The van der Waals surface area contributed by atoms with Crippen molar-refractivity contribution in [2.24, 2.45) is 0 Å². The molecule has 11 heavy (non-hydrogen) atoms. The fourth-order valence-corrected chi connectivity index (χ4v) is 0.436. The molecule has 0 aromatic carbocycles. The molecule has 0 aliphatic rings. The molecular formula is C7H12O4. The zero-order chi connectivity index (χ0) is 8.69. The van der Waals surface area contributed by atoms with E-state index in [0.29, 0.717) is 0 Å². The topological polar surface area (TPSA) is 52.6 Å². The SMILES string of the molecule is CCC(=O)OC(=O)CCOC. The van der Waals surface area contributed by atoms with Crippen LogP contribution in [-0.4, -0.2) is 25.7 Å². The molecule has 0 saturated carbocycles. The summed E-state index contributed by atoms with van der Waals surface area (Å²) in [6.45, 7) is 1.92. The summed E-state index contributed by atoms with van der Waals surface area (Å²) in [6.07, 6.45) is 0.348. The van der Waals surface area contributed by atoms with Crippen molar-refractivity contribution >= 4 is 11.9 Å². The van der Waals surface area contributed by atoms with Gasteiger partial charge in [-0.15, -0.1) is 0 Å². The van der Waals surface area contributed by atoms with Crippen LogP contribution in [0.25, 0.3) is 0 Å². The highest BCUT2D eigenvalue weighted by atomic mass is 16.6. The molecule has 0 unspecified atom stereocenters. The van der Waals surface area contributed by atoms with Crippen molar-refractivity contribution in [2.75, 3.05) is 13.7 Å². The molecule has 0 aliphatic heterocycles. The molecule has 0 radical (unpaired) electrons. The smallest absolute Gasteiger partial charge is 0.315 e. The average Bonchev–Trinajstić information content (AvgIpc) is 2.00. The maximum Gasteiger partial charge on any atom is 0.315 e. The summed E-state index contributed by atoms with van der Waals surface area (Å²) >= 11 is 0. The molecule has 0 aromatic rings. The van der Waals surface area contributed by atoms with Crippen molar-refractivity contribution in [1.82, 2.24) is 0 Å². The van der Waals surface area contributed by atoms with E-state index in [-0.39, 0.29) is 19.4 Å². The number of rotatable bonds is 4. The maximum absolute atomic E-state index is 10.6. The zero-order valence-corrected chi connectivity index (χ0v) is 6.75. The largest absolute Gasteiger partial charge is 0.393 e. The summed E-state index contributed by atoms with van der Waals surface area (Å²) in [5, 5.41) is 0. The third-order valence-corrected chi connectivity index (χ3v) is 1.03. The van der Waals surface area contributed by atoms with Gasteiger partial charge < -0.3 is 9.47 Å². The molecule has 4 heteroatoms. The molecule has 0 fully saturated rings. The van der Waals surface area contributed by atoms with Gasteiger partial charge in [0.25, 0.3) is 0 Å². The predicted molar refractivity (Wildman–Crippen MR) is 37.9 cm³/mol. The summed E-state index contributed by atoms with van der Waals surface area (Å²) in [7, 11) is 1.48. The summed E-state index contributed by atoms with van der Waals surface area (Å²) in [5.41, 5.74) is 0. The molecule has 0 saturated heterocycles. The molecule has 0 rings (SSSR count). The molecule has 0 heterocycles. The molecule has 0 amide bonds. The number of esters is 2. The molecule has 0 atom stereocenters. The van der Waals surface area contributed by atoms with E-state index < -0.39 is 11.9 Å². The summed E-state index contributed by atoms with van der Waals surface area (Å²) in [6, 6.07) is 0. The van der Waals surface area contributed by atoms with Gasteiger partial charge >= 0.3 is 11.9 Å². The van der Waals surface area contributed by atoms with Gasteiger partial charge in [-0.2, -0.15) is 0 Å². The summed E-state index contributed by atoms with van der Waals surface area (Å²) in [5.74, 6) is -1.02. The summed E-state index contributed by atoms with van der Waals surface area (Å²) in [4.78, 5) is 21.1. The minimum Gasteiger partial charge on any atom is -0.393 e. The first-order valence-electron chi connectivity index (χ1n) is 3.43. The Hall–Kier alpha value is -0.900. The molecule has 0 bridgehead atoms. The molecule has 4 nitrogen and oxygen atoms in total. The van der Waals surface area contributed by atoms with E-state index >= 15 is 0 Å². The van der Waals surface area contributed by atoms with E-state index in [9.17, 15) is 9.59 Å². The Kier molecular flexibility index (Phi) is 5.37. The van der Waals surface area contributed by atoms with Crippen LogP contribution in [0.4, 0.5) is 0 Å². The van der Waals surface area contributed by atoms with E-state index in [4.69, 9.17) is 0 Å². The average molecular weight is 160 g/mol. The van der Waals surface area contributed by atoms with E-state index in [2.05, 4.69) is 9.47 Å². The Labute approximate surface area is 65.5 Å². The van der Waals surface area contributed by atoms with Crippen molar-refractivity contribution in [3.05, 3.63) is 0 Å². The zero-order valence-electron chi connectivity index (χ0n) is 6.75. The van der Waals surface area contributed by atoms with Crippen molar-refractivity contribution in [1.29, 1.82) is 0 Å². The monoisotopic (exact) mass is 160 g/mol. The Morgan fingerprint density at radius 2 is 1.91 bits per heavy atom. The minimum absolute atomic E-state index is 0.127. The first-order chi connectivity index (χ1) is 5.20. The standard InChI is InChI=1S/C7H12O4/c1-3-6(8)11-7(9)4-5-10-2/h3-5H2,1-2H3. The minimum atomic E-state index is -0.529. The van der Waals surface area contributed by atoms with Crippen LogP contribution in [0.1, 0.15) is 19.8 Å². The third kappa shape index (κ3) is 5.54. The molecular weight excluding hydrogens is 148 g/mol. The van der Waals surface area contributed by atoms with Crippen LogP contribution in [0.15, 0.2) is 0 Å². The number of ether oxygens (including phenoxy) is 2. The van der Waals surface area contributed by atoms with Gasteiger partial charge in [-0.25, -0.2) is 0 Å². The van der Waals surface area contributed by atoms with Crippen molar-refractivity contribution < 1.29 is 19.1 Å². The molecule has 0 spiro atoms. The first kappa shape index (κ1) is 10.1. The van der Waals surface area contributed by atoms with Crippen LogP contribution in [-0.2, 0) is 19.1 Å². The van der Waals surface area contributed by atoms with E-state index in [1.165, 1.54) is 7.11 Å². The van der Waals surface area contributed by atoms with Crippen LogP contribution in [0.3, 0.4) is 0 Å². The fourth-order valence-electron chi connectivity index (χ4n) is 0.436.